The lowest BCUT2D eigenvalue weighted by molar-refractivity contribution is 0.384. The van der Waals surface area contributed by atoms with Gasteiger partial charge >= 0.3 is 0 Å². The summed E-state index contributed by atoms with van der Waals surface area (Å²) < 4.78 is 26.9. The van der Waals surface area contributed by atoms with Crippen molar-refractivity contribution in [1.29, 1.82) is 0 Å². The number of sulfonamides is 1. The fraction of sp³-hybridized carbons (Fsp3) is 0.615. The lowest BCUT2D eigenvalue weighted by Gasteiger charge is -2.26. The van der Waals surface area contributed by atoms with Crippen LogP contribution in [0.3, 0.4) is 0 Å². The number of nitrogens with zero attached hydrogens (tertiary/aromatic N) is 2. The van der Waals surface area contributed by atoms with Crippen LogP contribution in [-0.2, 0) is 10.0 Å². The molecule has 0 aliphatic rings. The molecule has 0 saturated heterocycles. The Morgan fingerprint density at radius 3 is 2.70 bits per heavy atom. The van der Waals surface area contributed by atoms with Crippen molar-refractivity contribution >= 4 is 27.5 Å². The molecular weight excluding hydrogens is 294 g/mol. The van der Waals surface area contributed by atoms with Gasteiger partial charge in [0.05, 0.1) is 5.69 Å². The third kappa shape index (κ3) is 3.86. The molecule has 5 nitrogen and oxygen atoms in total. The van der Waals surface area contributed by atoms with Gasteiger partial charge < -0.3 is 5.32 Å². The maximum atomic E-state index is 12.7. The summed E-state index contributed by atoms with van der Waals surface area (Å²) in [7, 11) is -1.95. The Balaban J connectivity index is 3.15. The Labute approximate surface area is 126 Å². The molecule has 0 aliphatic carbocycles. The zero-order chi connectivity index (χ0) is 15.2. The van der Waals surface area contributed by atoms with Gasteiger partial charge in [-0.3, -0.25) is 0 Å². The van der Waals surface area contributed by atoms with E-state index in [9.17, 15) is 8.42 Å². The largest absolute Gasteiger partial charge is 0.383 e. The molecule has 0 aliphatic heterocycles. The molecule has 0 bridgehead atoms. The minimum atomic E-state index is -3.58. The molecule has 114 valence electrons. The topological polar surface area (TPSA) is 62.3 Å². The smallest absolute Gasteiger partial charge is 0.262 e. The zero-order valence-corrected chi connectivity index (χ0v) is 14.1. The summed E-state index contributed by atoms with van der Waals surface area (Å²) in [4.78, 5) is 4.07. The second kappa shape index (κ2) is 7.85. The van der Waals surface area contributed by atoms with Crippen LogP contribution in [0.1, 0.15) is 20.3 Å². The van der Waals surface area contributed by atoms with Crippen LogP contribution in [-0.4, -0.2) is 49.3 Å². The van der Waals surface area contributed by atoms with Gasteiger partial charge in [0.1, 0.15) is 0 Å². The number of pyridine rings is 1. The fourth-order valence-electron chi connectivity index (χ4n) is 1.93. The third-order valence-electron chi connectivity index (χ3n) is 3.11. The van der Waals surface area contributed by atoms with Crippen LogP contribution in [0.15, 0.2) is 23.4 Å². The van der Waals surface area contributed by atoms with Crippen LogP contribution >= 0.6 is 11.8 Å². The molecule has 1 N–H and O–H groups in total. The summed E-state index contributed by atoms with van der Waals surface area (Å²) in [5.41, 5.74) is 0.556. The maximum absolute atomic E-state index is 12.7. The SMILES string of the molecule is CCNc1cccnc1S(=O)(=O)N(C)C(CC)CSC. The van der Waals surface area contributed by atoms with Gasteiger partial charge in [-0.1, -0.05) is 6.92 Å². The third-order valence-corrected chi connectivity index (χ3v) is 5.69. The summed E-state index contributed by atoms with van der Waals surface area (Å²) in [6.07, 6.45) is 4.27. The molecule has 1 aromatic heterocycles. The van der Waals surface area contributed by atoms with Gasteiger partial charge in [0, 0.05) is 31.6 Å². The molecule has 0 spiro atoms. The van der Waals surface area contributed by atoms with Gasteiger partial charge in [-0.2, -0.15) is 16.1 Å². The molecule has 0 aromatic carbocycles. The second-order valence-electron chi connectivity index (χ2n) is 4.43. The van der Waals surface area contributed by atoms with E-state index < -0.39 is 10.0 Å². The number of hydrogen-bond donors (Lipinski definition) is 1. The van der Waals surface area contributed by atoms with E-state index in [4.69, 9.17) is 0 Å². The molecule has 1 heterocycles. The van der Waals surface area contributed by atoms with Crippen molar-refractivity contribution in [3.8, 4) is 0 Å². The fourth-order valence-corrected chi connectivity index (χ4v) is 4.37. The Morgan fingerprint density at radius 1 is 1.45 bits per heavy atom. The molecule has 7 heteroatoms. The second-order valence-corrected chi connectivity index (χ2v) is 7.25. The van der Waals surface area contributed by atoms with Crippen molar-refractivity contribution < 1.29 is 8.42 Å². The Bertz CT molecular complexity index is 520. The molecule has 0 amide bonds. The quantitative estimate of drug-likeness (QED) is 0.797. The van der Waals surface area contributed by atoms with E-state index in [0.717, 1.165) is 12.2 Å². The molecular formula is C13H23N3O2S2. The maximum Gasteiger partial charge on any atom is 0.262 e. The predicted octanol–water partition coefficient (Wildman–Crippen LogP) is 2.28. The van der Waals surface area contributed by atoms with Crippen molar-refractivity contribution in [2.24, 2.45) is 0 Å². The van der Waals surface area contributed by atoms with Gasteiger partial charge in [0.15, 0.2) is 5.03 Å². The normalized spacial score (nSPS) is 13.4. The highest BCUT2D eigenvalue weighted by Crippen LogP contribution is 2.24. The van der Waals surface area contributed by atoms with E-state index >= 15 is 0 Å². The summed E-state index contributed by atoms with van der Waals surface area (Å²) in [6, 6.07) is 3.45. The number of thioether (sulfide) groups is 1. The van der Waals surface area contributed by atoms with Crippen LogP contribution in [0.2, 0.25) is 0 Å². The van der Waals surface area contributed by atoms with Gasteiger partial charge in [-0.25, -0.2) is 13.4 Å². The average Bonchev–Trinajstić information content (AvgIpc) is 2.44. The minimum Gasteiger partial charge on any atom is -0.383 e. The van der Waals surface area contributed by atoms with Crippen molar-refractivity contribution in [2.75, 3.05) is 30.9 Å². The van der Waals surface area contributed by atoms with Gasteiger partial charge in [0.25, 0.3) is 10.0 Å². The van der Waals surface area contributed by atoms with Gasteiger partial charge in [-0.05, 0) is 31.7 Å². The standard InChI is InChI=1S/C13H23N3O2S2/c1-5-11(10-19-4)16(3)20(17,18)13-12(14-6-2)8-7-9-15-13/h7-9,11,14H,5-6,10H2,1-4H3. The minimum absolute atomic E-state index is 0.0218. The summed E-state index contributed by atoms with van der Waals surface area (Å²) in [5, 5.41) is 3.15. The first-order valence-corrected chi connectivity index (χ1v) is 9.48. The summed E-state index contributed by atoms with van der Waals surface area (Å²) >= 11 is 1.65. The van der Waals surface area contributed by atoms with Gasteiger partial charge in [0.2, 0.25) is 0 Å². The molecule has 20 heavy (non-hydrogen) atoms. The van der Waals surface area contributed by atoms with Gasteiger partial charge in [-0.15, -0.1) is 0 Å². The number of aromatic nitrogens is 1. The Kier molecular flexibility index (Phi) is 6.78. The van der Waals surface area contributed by atoms with E-state index in [2.05, 4.69) is 10.3 Å². The first-order valence-electron chi connectivity index (χ1n) is 6.64. The van der Waals surface area contributed by atoms with Crippen LogP contribution in [0.5, 0.6) is 0 Å². The van der Waals surface area contributed by atoms with E-state index in [1.54, 1.807) is 30.9 Å². The van der Waals surface area contributed by atoms with E-state index in [1.165, 1.54) is 10.5 Å². The molecule has 1 atom stereocenters. The van der Waals surface area contributed by atoms with Crippen LogP contribution < -0.4 is 5.32 Å². The van der Waals surface area contributed by atoms with Crippen LogP contribution in [0.25, 0.3) is 0 Å². The monoisotopic (exact) mass is 317 g/mol. The summed E-state index contributed by atoms with van der Waals surface area (Å²) in [5.74, 6) is 0.773. The molecule has 0 saturated carbocycles. The molecule has 0 radical (unpaired) electrons. The van der Waals surface area contributed by atoms with Crippen molar-refractivity contribution in [3.63, 3.8) is 0 Å². The highest BCUT2D eigenvalue weighted by molar-refractivity contribution is 7.98. The number of rotatable bonds is 8. The Morgan fingerprint density at radius 2 is 2.15 bits per heavy atom. The number of nitrogens with one attached hydrogen (secondary N) is 1. The van der Waals surface area contributed by atoms with Crippen molar-refractivity contribution in [3.05, 3.63) is 18.3 Å². The highest BCUT2D eigenvalue weighted by atomic mass is 32.2. The Hall–Kier alpha value is -0.790. The van der Waals surface area contributed by atoms with Crippen LogP contribution in [0.4, 0.5) is 5.69 Å². The van der Waals surface area contributed by atoms with E-state index in [1.807, 2.05) is 20.1 Å². The molecule has 1 aromatic rings. The first-order chi connectivity index (χ1) is 9.48. The number of hydrogen-bond acceptors (Lipinski definition) is 5. The van der Waals surface area contributed by atoms with Crippen LogP contribution in [0, 0.1) is 0 Å². The zero-order valence-electron chi connectivity index (χ0n) is 12.5. The number of anilines is 1. The van der Waals surface area contributed by atoms with E-state index in [-0.39, 0.29) is 11.1 Å². The first kappa shape index (κ1) is 17.3. The predicted molar refractivity (Wildman–Crippen MR) is 85.8 cm³/mol. The lowest BCUT2D eigenvalue weighted by atomic mass is 10.3. The highest BCUT2D eigenvalue weighted by Gasteiger charge is 2.29. The molecule has 0 fully saturated rings. The van der Waals surface area contributed by atoms with E-state index in [0.29, 0.717) is 12.2 Å². The molecule has 1 unspecified atom stereocenters. The molecule has 1 rings (SSSR count). The summed E-state index contributed by atoms with van der Waals surface area (Å²) in [6.45, 7) is 4.58. The van der Waals surface area contributed by atoms with Crippen molar-refractivity contribution in [1.82, 2.24) is 9.29 Å². The lowest BCUT2D eigenvalue weighted by Crippen LogP contribution is -2.38. The van der Waals surface area contributed by atoms with Crippen molar-refractivity contribution in [2.45, 2.75) is 31.3 Å². The average molecular weight is 317 g/mol.